The van der Waals surface area contributed by atoms with Crippen molar-refractivity contribution in [2.45, 2.75) is 69.1 Å². The summed E-state index contributed by atoms with van der Waals surface area (Å²) in [6.07, 6.45) is 9.85. The molecule has 4 aliphatic heterocycles. The smallest absolute Gasteiger partial charge is 0.261 e. The fourth-order valence-corrected chi connectivity index (χ4v) is 8.76. The van der Waals surface area contributed by atoms with Gasteiger partial charge in [0.2, 0.25) is 11.8 Å². The Morgan fingerprint density at radius 2 is 1.91 bits per heavy atom. The highest BCUT2D eigenvalue weighted by Crippen LogP contribution is 2.42. The molecule has 3 saturated heterocycles. The second-order valence-corrected chi connectivity index (χ2v) is 16.2. The molecule has 3 amide bonds. The van der Waals surface area contributed by atoms with Crippen molar-refractivity contribution in [3.63, 3.8) is 0 Å². The number of hydrogen-bond donors (Lipinski definition) is 3. The number of aliphatic hydroxyl groups excluding tert-OH is 1. The van der Waals surface area contributed by atoms with Crippen LogP contribution in [0.15, 0.2) is 55.1 Å². The SMILES string of the molecule is O=C1CCC(N2Cc3c(F)cc(N4CC(F)(CN5CCC(n6cc7cc(NC(=O)c8cnn9cccnc89)c(OCC8CC8)cc7n6)CC5)C4)cc3C2O)C(=O)N1. The molecule has 57 heavy (non-hydrogen) atoms. The van der Waals surface area contributed by atoms with Crippen LogP contribution in [0.5, 0.6) is 5.75 Å². The number of anilines is 2. The number of carbonyl (C=O) groups is 3. The Balaban J connectivity index is 0.771. The minimum absolute atomic E-state index is 0.0462. The van der Waals surface area contributed by atoms with E-state index in [1.807, 2.05) is 23.0 Å². The van der Waals surface area contributed by atoms with Gasteiger partial charge >= 0.3 is 0 Å². The third-order valence-corrected chi connectivity index (χ3v) is 12.1. The summed E-state index contributed by atoms with van der Waals surface area (Å²) in [5.41, 5.74) is 1.81. The van der Waals surface area contributed by atoms with E-state index in [1.165, 1.54) is 17.2 Å². The lowest BCUT2D eigenvalue weighted by Gasteiger charge is -2.48. The number of benzene rings is 2. The van der Waals surface area contributed by atoms with Crippen LogP contribution in [0.3, 0.4) is 0 Å². The molecule has 15 nitrogen and oxygen atoms in total. The number of piperidine rings is 2. The van der Waals surface area contributed by atoms with Gasteiger partial charge in [-0.1, -0.05) is 0 Å². The molecule has 296 valence electrons. The number of aromatic nitrogens is 5. The molecule has 2 unspecified atom stereocenters. The van der Waals surface area contributed by atoms with E-state index >= 15 is 8.78 Å². The van der Waals surface area contributed by atoms with Crippen molar-refractivity contribution in [2.24, 2.45) is 5.92 Å². The average Bonchev–Trinajstić information content (AvgIpc) is 3.61. The Morgan fingerprint density at radius 1 is 1.09 bits per heavy atom. The molecular formula is C40H42F2N10O5. The van der Waals surface area contributed by atoms with Crippen molar-refractivity contribution in [1.29, 1.82) is 0 Å². The number of rotatable bonds is 10. The van der Waals surface area contributed by atoms with Crippen molar-refractivity contribution in [1.82, 2.24) is 39.5 Å². The van der Waals surface area contributed by atoms with Crippen LogP contribution in [0, 0.1) is 11.7 Å². The summed E-state index contributed by atoms with van der Waals surface area (Å²) in [6.45, 7) is 2.44. The van der Waals surface area contributed by atoms with E-state index in [9.17, 15) is 19.5 Å². The molecule has 2 aromatic carbocycles. The Hall–Kier alpha value is -5.52. The van der Waals surface area contributed by atoms with E-state index in [1.54, 1.807) is 33.9 Å². The molecule has 5 aromatic rings. The maximum Gasteiger partial charge on any atom is 0.261 e. The number of carbonyl (C=O) groups excluding carboxylic acids is 3. The normalized spacial score (nSPS) is 22.8. The van der Waals surface area contributed by atoms with Gasteiger partial charge in [-0.3, -0.25) is 34.2 Å². The first-order valence-corrected chi connectivity index (χ1v) is 19.6. The third kappa shape index (κ3) is 6.76. The molecule has 7 heterocycles. The molecule has 0 bridgehead atoms. The van der Waals surface area contributed by atoms with E-state index in [0.717, 1.165) is 36.6 Å². The molecule has 0 spiro atoms. The fourth-order valence-electron chi connectivity index (χ4n) is 8.76. The monoisotopic (exact) mass is 780 g/mol. The van der Waals surface area contributed by atoms with Crippen molar-refractivity contribution < 1.29 is 33.0 Å². The number of alkyl halides is 1. The predicted molar refractivity (Wildman–Crippen MR) is 203 cm³/mol. The fraction of sp³-hybridized carbons (Fsp3) is 0.450. The van der Waals surface area contributed by atoms with Crippen molar-refractivity contribution in [2.75, 3.05) is 49.5 Å². The third-order valence-electron chi connectivity index (χ3n) is 12.1. The molecule has 5 aliphatic rings. The molecule has 10 rings (SSSR count). The summed E-state index contributed by atoms with van der Waals surface area (Å²) in [5.74, 6) is -0.632. The van der Waals surface area contributed by atoms with Crippen LogP contribution in [0.2, 0.25) is 0 Å². The van der Waals surface area contributed by atoms with Crippen LogP contribution in [0.25, 0.3) is 16.6 Å². The second-order valence-electron chi connectivity index (χ2n) is 16.2. The number of ether oxygens (including phenoxy) is 1. The minimum atomic E-state index is -1.47. The van der Waals surface area contributed by atoms with Crippen LogP contribution in [0.4, 0.5) is 20.2 Å². The molecule has 3 aromatic heterocycles. The number of aliphatic hydroxyl groups is 1. The number of amides is 3. The molecule has 1 saturated carbocycles. The molecule has 1 aliphatic carbocycles. The maximum atomic E-state index is 16.1. The van der Waals surface area contributed by atoms with Crippen LogP contribution in [-0.2, 0) is 16.1 Å². The summed E-state index contributed by atoms with van der Waals surface area (Å²) >= 11 is 0. The van der Waals surface area contributed by atoms with E-state index in [2.05, 4.69) is 25.6 Å². The Bertz CT molecular complexity index is 2420. The maximum absolute atomic E-state index is 16.1. The van der Waals surface area contributed by atoms with Gasteiger partial charge in [0.1, 0.15) is 23.4 Å². The highest BCUT2D eigenvalue weighted by Gasteiger charge is 2.47. The van der Waals surface area contributed by atoms with Crippen molar-refractivity contribution >= 4 is 45.6 Å². The molecule has 3 N–H and O–H groups in total. The molecule has 2 atom stereocenters. The van der Waals surface area contributed by atoms with Gasteiger partial charge in [-0.15, -0.1) is 0 Å². The van der Waals surface area contributed by atoms with Gasteiger partial charge in [0, 0.05) is 79.5 Å². The minimum Gasteiger partial charge on any atom is -0.491 e. The summed E-state index contributed by atoms with van der Waals surface area (Å²) in [7, 11) is 0. The summed E-state index contributed by atoms with van der Waals surface area (Å²) in [6, 6.07) is 7.95. The number of hydrogen-bond acceptors (Lipinski definition) is 11. The molecular weight excluding hydrogens is 739 g/mol. The quantitative estimate of drug-likeness (QED) is 0.177. The zero-order chi connectivity index (χ0) is 39.0. The number of fused-ring (bicyclic) bond motifs is 3. The first kappa shape index (κ1) is 35.9. The number of halogens is 2. The molecule has 0 radical (unpaired) electrons. The van der Waals surface area contributed by atoms with E-state index in [0.29, 0.717) is 65.1 Å². The van der Waals surface area contributed by atoms with Gasteiger partial charge in [-0.2, -0.15) is 10.2 Å². The zero-order valence-corrected chi connectivity index (χ0v) is 31.1. The van der Waals surface area contributed by atoms with Crippen LogP contribution in [-0.4, -0.2) is 108 Å². The lowest BCUT2D eigenvalue weighted by molar-refractivity contribution is -0.141. The van der Waals surface area contributed by atoms with Gasteiger partial charge in [0.05, 0.1) is 49.2 Å². The number of imide groups is 1. The van der Waals surface area contributed by atoms with E-state index < -0.39 is 29.7 Å². The highest BCUT2D eigenvalue weighted by molar-refractivity contribution is 6.09. The second kappa shape index (κ2) is 13.8. The predicted octanol–water partition coefficient (Wildman–Crippen LogP) is 3.74. The number of nitrogens with zero attached hydrogens (tertiary/aromatic N) is 8. The van der Waals surface area contributed by atoms with Gasteiger partial charge in [-0.25, -0.2) is 18.3 Å². The van der Waals surface area contributed by atoms with Crippen molar-refractivity contribution in [3.8, 4) is 5.75 Å². The van der Waals surface area contributed by atoms with Gasteiger partial charge in [-0.05, 0) is 62.3 Å². The van der Waals surface area contributed by atoms with Crippen LogP contribution in [0.1, 0.15) is 72.3 Å². The Labute approximate surface area is 325 Å². The van der Waals surface area contributed by atoms with Gasteiger partial charge < -0.3 is 20.1 Å². The van der Waals surface area contributed by atoms with Gasteiger partial charge in [0.25, 0.3) is 5.91 Å². The Kier molecular flexibility index (Phi) is 8.71. The summed E-state index contributed by atoms with van der Waals surface area (Å²) < 4.78 is 41.2. The van der Waals surface area contributed by atoms with Crippen molar-refractivity contribution in [3.05, 3.63) is 77.6 Å². The van der Waals surface area contributed by atoms with Crippen LogP contribution < -0.4 is 20.3 Å². The van der Waals surface area contributed by atoms with Crippen LogP contribution >= 0.6 is 0 Å². The summed E-state index contributed by atoms with van der Waals surface area (Å²) in [5, 5.41) is 26.4. The topological polar surface area (TPSA) is 162 Å². The average molecular weight is 781 g/mol. The number of nitrogens with one attached hydrogen (secondary N) is 2. The largest absolute Gasteiger partial charge is 0.491 e. The molecule has 4 fully saturated rings. The zero-order valence-electron chi connectivity index (χ0n) is 31.1. The van der Waals surface area contributed by atoms with E-state index in [4.69, 9.17) is 9.84 Å². The first-order chi connectivity index (χ1) is 27.6. The molecule has 17 heteroatoms. The first-order valence-electron chi connectivity index (χ1n) is 19.6. The Morgan fingerprint density at radius 3 is 2.70 bits per heavy atom. The standard InChI is InChI=1S/C40H42F2N10O5/c41-30-14-26(13-27-29(30)18-50(39(27)56)33-4-5-35(53)46-38(33)55)49-21-40(42,22-49)20-48-10-6-25(7-11-48)52-17-24-12-32(34(15-31(24)47-52)57-19-23-2-3-23)45-37(54)28-16-44-51-9-1-8-43-36(28)51/h1,8-9,12-17,23,25,33,39,56H,2-7,10-11,18-22H2,(H,45,54)(H,46,53,55). The number of likely N-dealkylation sites (tertiary alicyclic amines) is 1. The van der Waals surface area contributed by atoms with Gasteiger partial charge in [0.15, 0.2) is 11.3 Å². The summed E-state index contributed by atoms with van der Waals surface area (Å²) in [4.78, 5) is 47.2. The highest BCUT2D eigenvalue weighted by atomic mass is 19.1. The van der Waals surface area contributed by atoms with E-state index in [-0.39, 0.29) is 56.9 Å². The lowest BCUT2D eigenvalue weighted by Crippen LogP contribution is -2.64. The lowest BCUT2D eigenvalue weighted by atomic mass is 9.92.